The molecule has 1 aromatic heterocycles. The molecule has 0 aliphatic heterocycles. The van der Waals surface area contributed by atoms with Crippen molar-refractivity contribution in [2.45, 2.75) is 46.6 Å². The van der Waals surface area contributed by atoms with E-state index in [0.29, 0.717) is 6.54 Å². The molecular weight excluding hydrogens is 260 g/mol. The van der Waals surface area contributed by atoms with Gasteiger partial charge in [-0.15, -0.1) is 0 Å². The van der Waals surface area contributed by atoms with E-state index >= 15 is 0 Å². The van der Waals surface area contributed by atoms with Crippen molar-refractivity contribution < 1.29 is 4.79 Å². The zero-order valence-electron chi connectivity index (χ0n) is 13.4. The van der Waals surface area contributed by atoms with Gasteiger partial charge in [0.2, 0.25) is 5.91 Å². The van der Waals surface area contributed by atoms with E-state index in [4.69, 9.17) is 0 Å². The lowest BCUT2D eigenvalue weighted by Gasteiger charge is -2.22. The second kappa shape index (κ2) is 7.30. The number of amides is 1. The molecule has 0 saturated heterocycles. The smallest absolute Gasteiger partial charge is 0.242 e. The van der Waals surface area contributed by atoms with Crippen LogP contribution in [-0.2, 0) is 17.8 Å². The van der Waals surface area contributed by atoms with Gasteiger partial charge in [-0.25, -0.2) is 0 Å². The summed E-state index contributed by atoms with van der Waals surface area (Å²) in [6.07, 6.45) is 5.09. The molecule has 0 N–H and O–H groups in total. The van der Waals surface area contributed by atoms with Crippen molar-refractivity contribution in [1.82, 2.24) is 9.47 Å². The van der Waals surface area contributed by atoms with Gasteiger partial charge in [-0.1, -0.05) is 26.8 Å². The number of aryl methyl sites for hydroxylation is 1. The number of fused-ring (bicyclic) bond motifs is 1. The Balaban J connectivity index is 2.17. The Morgan fingerprint density at radius 2 is 1.81 bits per heavy atom. The van der Waals surface area contributed by atoms with Crippen LogP contribution in [0.4, 0.5) is 0 Å². The number of rotatable bonds is 7. The van der Waals surface area contributed by atoms with Gasteiger partial charge in [0.05, 0.1) is 0 Å². The van der Waals surface area contributed by atoms with Crippen LogP contribution in [0, 0.1) is 0 Å². The standard InChI is InChI=1S/C18H26N2O/c1-4-10-19(11-5-2)18(21)14-20-12-9-16-13-15(6-3)7-8-17(16)20/h7-9,12-13H,4-6,10-11,14H2,1-3H3. The van der Waals surface area contributed by atoms with Gasteiger partial charge in [0.15, 0.2) is 0 Å². The summed E-state index contributed by atoms with van der Waals surface area (Å²) in [5, 5.41) is 1.22. The first-order valence-electron chi connectivity index (χ1n) is 8.05. The van der Waals surface area contributed by atoms with Gasteiger partial charge in [-0.3, -0.25) is 4.79 Å². The van der Waals surface area contributed by atoms with Gasteiger partial charge in [0.1, 0.15) is 6.54 Å². The Labute approximate surface area is 127 Å². The molecule has 0 aliphatic rings. The summed E-state index contributed by atoms with van der Waals surface area (Å²) in [5.74, 6) is 0.218. The lowest BCUT2D eigenvalue weighted by molar-refractivity contribution is -0.131. The van der Waals surface area contributed by atoms with Gasteiger partial charge in [0.25, 0.3) is 0 Å². The second-order valence-electron chi connectivity index (χ2n) is 5.57. The van der Waals surface area contributed by atoms with Crippen LogP contribution in [0.3, 0.4) is 0 Å². The highest BCUT2D eigenvalue weighted by atomic mass is 16.2. The summed E-state index contributed by atoms with van der Waals surface area (Å²) in [7, 11) is 0. The van der Waals surface area contributed by atoms with Crippen LogP contribution in [0.5, 0.6) is 0 Å². The molecule has 2 rings (SSSR count). The van der Waals surface area contributed by atoms with Crippen molar-refractivity contribution in [3.63, 3.8) is 0 Å². The minimum absolute atomic E-state index is 0.218. The van der Waals surface area contributed by atoms with Crippen molar-refractivity contribution in [1.29, 1.82) is 0 Å². The van der Waals surface area contributed by atoms with E-state index in [0.717, 1.165) is 37.9 Å². The van der Waals surface area contributed by atoms with E-state index < -0.39 is 0 Å². The predicted molar refractivity (Wildman–Crippen MR) is 88.5 cm³/mol. The molecule has 0 atom stereocenters. The fraction of sp³-hybridized carbons (Fsp3) is 0.500. The maximum atomic E-state index is 12.5. The van der Waals surface area contributed by atoms with Crippen molar-refractivity contribution in [2.75, 3.05) is 13.1 Å². The van der Waals surface area contributed by atoms with Gasteiger partial charge in [-0.05, 0) is 48.4 Å². The molecule has 1 heterocycles. The first-order valence-corrected chi connectivity index (χ1v) is 8.05. The number of carbonyl (C=O) groups excluding carboxylic acids is 1. The molecule has 0 bridgehead atoms. The van der Waals surface area contributed by atoms with Gasteiger partial charge < -0.3 is 9.47 Å². The van der Waals surface area contributed by atoms with Crippen LogP contribution in [0.25, 0.3) is 10.9 Å². The van der Waals surface area contributed by atoms with Gasteiger partial charge in [-0.2, -0.15) is 0 Å². The lowest BCUT2D eigenvalue weighted by atomic mass is 10.1. The van der Waals surface area contributed by atoms with Crippen molar-refractivity contribution in [3.05, 3.63) is 36.0 Å². The summed E-state index contributed by atoms with van der Waals surface area (Å²) in [6, 6.07) is 8.60. The van der Waals surface area contributed by atoms with Crippen LogP contribution in [-0.4, -0.2) is 28.5 Å². The third-order valence-electron chi connectivity index (χ3n) is 3.89. The third kappa shape index (κ3) is 3.66. The SMILES string of the molecule is CCCN(CCC)C(=O)Cn1ccc2cc(CC)ccc21. The largest absolute Gasteiger partial charge is 0.341 e. The average Bonchev–Trinajstić information content (AvgIpc) is 2.89. The zero-order chi connectivity index (χ0) is 15.2. The number of aromatic nitrogens is 1. The molecule has 0 radical (unpaired) electrons. The minimum Gasteiger partial charge on any atom is -0.341 e. The number of carbonyl (C=O) groups is 1. The highest BCUT2D eigenvalue weighted by Crippen LogP contribution is 2.18. The van der Waals surface area contributed by atoms with E-state index in [2.05, 4.69) is 49.6 Å². The van der Waals surface area contributed by atoms with Crippen LogP contribution >= 0.6 is 0 Å². The Morgan fingerprint density at radius 1 is 1.10 bits per heavy atom. The zero-order valence-corrected chi connectivity index (χ0v) is 13.4. The van der Waals surface area contributed by atoms with E-state index in [1.165, 1.54) is 10.9 Å². The molecule has 0 saturated carbocycles. The first kappa shape index (κ1) is 15.6. The van der Waals surface area contributed by atoms with Crippen LogP contribution in [0.2, 0.25) is 0 Å². The number of hydrogen-bond acceptors (Lipinski definition) is 1. The van der Waals surface area contributed by atoms with E-state index in [9.17, 15) is 4.79 Å². The summed E-state index contributed by atoms with van der Waals surface area (Å²) < 4.78 is 2.06. The van der Waals surface area contributed by atoms with Gasteiger partial charge in [0, 0.05) is 24.8 Å². The molecule has 3 heteroatoms. The van der Waals surface area contributed by atoms with E-state index in [-0.39, 0.29) is 5.91 Å². The van der Waals surface area contributed by atoms with E-state index in [1.54, 1.807) is 0 Å². The molecular formula is C18H26N2O. The number of nitrogens with zero attached hydrogens (tertiary/aromatic N) is 2. The quantitative estimate of drug-likeness (QED) is 0.759. The van der Waals surface area contributed by atoms with Crippen molar-refractivity contribution in [3.8, 4) is 0 Å². The maximum Gasteiger partial charge on any atom is 0.242 e. The Bertz CT molecular complexity index is 594. The fourth-order valence-electron chi connectivity index (χ4n) is 2.75. The monoisotopic (exact) mass is 286 g/mol. The summed E-state index contributed by atoms with van der Waals surface area (Å²) in [4.78, 5) is 14.4. The van der Waals surface area contributed by atoms with E-state index in [1.807, 2.05) is 11.1 Å². The molecule has 0 fully saturated rings. The Hall–Kier alpha value is -1.77. The van der Waals surface area contributed by atoms with Crippen LogP contribution < -0.4 is 0 Å². The summed E-state index contributed by atoms with van der Waals surface area (Å²) in [6.45, 7) is 8.54. The predicted octanol–water partition coefficient (Wildman–Crippen LogP) is 3.85. The van der Waals surface area contributed by atoms with Crippen molar-refractivity contribution in [2.24, 2.45) is 0 Å². The summed E-state index contributed by atoms with van der Waals surface area (Å²) >= 11 is 0. The second-order valence-corrected chi connectivity index (χ2v) is 5.57. The molecule has 0 spiro atoms. The highest BCUT2D eigenvalue weighted by molar-refractivity contribution is 5.83. The maximum absolute atomic E-state index is 12.5. The summed E-state index contributed by atoms with van der Waals surface area (Å²) in [5.41, 5.74) is 2.48. The molecule has 21 heavy (non-hydrogen) atoms. The normalized spacial score (nSPS) is 11.0. The molecule has 0 unspecified atom stereocenters. The molecule has 114 valence electrons. The minimum atomic E-state index is 0.218. The fourth-order valence-corrected chi connectivity index (χ4v) is 2.75. The molecule has 0 aliphatic carbocycles. The Morgan fingerprint density at radius 3 is 2.43 bits per heavy atom. The number of benzene rings is 1. The lowest BCUT2D eigenvalue weighted by Crippen LogP contribution is -2.35. The highest BCUT2D eigenvalue weighted by Gasteiger charge is 2.13. The topological polar surface area (TPSA) is 25.2 Å². The number of hydrogen-bond donors (Lipinski definition) is 0. The third-order valence-corrected chi connectivity index (χ3v) is 3.89. The van der Waals surface area contributed by atoms with Crippen LogP contribution in [0.1, 0.15) is 39.2 Å². The van der Waals surface area contributed by atoms with Crippen molar-refractivity contribution >= 4 is 16.8 Å². The Kier molecular flexibility index (Phi) is 5.43. The molecule has 1 aromatic carbocycles. The molecule has 3 nitrogen and oxygen atoms in total. The van der Waals surface area contributed by atoms with Crippen LogP contribution in [0.15, 0.2) is 30.5 Å². The molecule has 1 amide bonds. The average molecular weight is 286 g/mol. The van der Waals surface area contributed by atoms with Gasteiger partial charge >= 0.3 is 0 Å². The first-order chi connectivity index (χ1) is 10.2. The molecule has 2 aromatic rings.